The Morgan fingerprint density at radius 2 is 2.15 bits per heavy atom. The summed E-state index contributed by atoms with van der Waals surface area (Å²) in [6.07, 6.45) is 0.770. The molecule has 0 saturated carbocycles. The molecule has 2 aromatic rings. The molecule has 0 aliphatic rings. The minimum atomic E-state index is -1.04. The molecule has 0 bridgehead atoms. The van der Waals surface area contributed by atoms with Gasteiger partial charge in [0.25, 0.3) is 5.56 Å². The number of hydrogen-bond donors (Lipinski definition) is 3. The molecular formula is C13H15N3O3S. The number of nitrogens with two attached hydrogens (primary N) is 1. The fourth-order valence-corrected chi connectivity index (χ4v) is 2.28. The zero-order chi connectivity index (χ0) is 14.7. The Labute approximate surface area is 119 Å². The van der Waals surface area contributed by atoms with Crippen LogP contribution in [0.5, 0.6) is 0 Å². The van der Waals surface area contributed by atoms with Crippen LogP contribution in [0.25, 0.3) is 10.9 Å². The zero-order valence-electron chi connectivity index (χ0n) is 10.7. The van der Waals surface area contributed by atoms with Crippen molar-refractivity contribution in [2.45, 2.75) is 25.4 Å². The number of nitrogens with one attached hydrogen (secondary N) is 1. The lowest BCUT2D eigenvalue weighted by Crippen LogP contribution is -2.31. The molecule has 0 amide bonds. The fraction of sp³-hybridized carbons (Fsp3) is 0.308. The van der Waals surface area contributed by atoms with E-state index in [0.717, 1.165) is 0 Å². The molecular weight excluding hydrogens is 278 g/mol. The monoisotopic (exact) mass is 293 g/mol. The van der Waals surface area contributed by atoms with Crippen LogP contribution >= 0.6 is 12.2 Å². The number of benzene rings is 1. The van der Waals surface area contributed by atoms with E-state index >= 15 is 0 Å². The Kier molecular flexibility index (Phi) is 4.31. The first-order valence-corrected chi connectivity index (χ1v) is 6.62. The summed E-state index contributed by atoms with van der Waals surface area (Å²) in [5.74, 6) is -1.04. The number of aromatic amines is 1. The first-order valence-electron chi connectivity index (χ1n) is 6.21. The van der Waals surface area contributed by atoms with Gasteiger partial charge >= 0.3 is 5.97 Å². The van der Waals surface area contributed by atoms with Crippen molar-refractivity contribution in [2.24, 2.45) is 5.73 Å². The summed E-state index contributed by atoms with van der Waals surface area (Å²) in [4.78, 5) is 25.9. The van der Waals surface area contributed by atoms with E-state index in [1.54, 1.807) is 18.2 Å². The van der Waals surface area contributed by atoms with Crippen LogP contribution in [0.1, 0.15) is 12.8 Å². The third-order valence-electron chi connectivity index (χ3n) is 3.10. The van der Waals surface area contributed by atoms with Gasteiger partial charge in [-0.3, -0.25) is 14.2 Å². The summed E-state index contributed by atoms with van der Waals surface area (Å²) >= 11 is 5.16. The summed E-state index contributed by atoms with van der Waals surface area (Å²) in [5, 5.41) is 9.27. The number of aliphatic carboxylic acids is 1. The van der Waals surface area contributed by atoms with E-state index < -0.39 is 12.0 Å². The van der Waals surface area contributed by atoms with Gasteiger partial charge in [0.1, 0.15) is 6.04 Å². The number of fused-ring (bicyclic) bond motifs is 1. The normalized spacial score (nSPS) is 12.4. The van der Waals surface area contributed by atoms with Gasteiger partial charge in [-0.05, 0) is 37.2 Å². The van der Waals surface area contributed by atoms with Gasteiger partial charge in [-0.15, -0.1) is 0 Å². The Balaban J connectivity index is 2.25. The number of hydrogen-bond acceptors (Lipinski definition) is 4. The number of para-hydroxylation sites is 1. The number of carboxylic acid groups (broad SMARTS) is 1. The largest absolute Gasteiger partial charge is 0.480 e. The van der Waals surface area contributed by atoms with Crippen LogP contribution in [-0.2, 0) is 11.3 Å². The van der Waals surface area contributed by atoms with Gasteiger partial charge in [0.05, 0.1) is 10.9 Å². The van der Waals surface area contributed by atoms with Gasteiger partial charge in [0.15, 0.2) is 4.77 Å². The lowest BCUT2D eigenvalue weighted by atomic mass is 10.1. The first kappa shape index (κ1) is 14.4. The second-order valence-corrected chi connectivity index (χ2v) is 4.91. The number of carboxylic acids is 1. The minimum absolute atomic E-state index is 0.173. The minimum Gasteiger partial charge on any atom is -0.480 e. The van der Waals surface area contributed by atoms with Crippen LogP contribution in [0.3, 0.4) is 0 Å². The van der Waals surface area contributed by atoms with Crippen molar-refractivity contribution in [3.05, 3.63) is 39.4 Å². The van der Waals surface area contributed by atoms with Gasteiger partial charge < -0.3 is 15.8 Å². The first-order chi connectivity index (χ1) is 9.50. The second kappa shape index (κ2) is 5.98. The quantitative estimate of drug-likeness (QED) is 0.720. The molecule has 0 spiro atoms. The average molecular weight is 293 g/mol. The van der Waals surface area contributed by atoms with Gasteiger partial charge in [-0.2, -0.15) is 0 Å². The molecule has 6 nitrogen and oxygen atoms in total. The highest BCUT2D eigenvalue weighted by Gasteiger charge is 2.11. The van der Waals surface area contributed by atoms with Crippen LogP contribution in [0.2, 0.25) is 0 Å². The van der Waals surface area contributed by atoms with Gasteiger partial charge in [0.2, 0.25) is 0 Å². The molecule has 1 aromatic heterocycles. The Morgan fingerprint density at radius 1 is 1.45 bits per heavy atom. The molecule has 0 unspecified atom stereocenters. The predicted octanol–water partition coefficient (Wildman–Crippen LogP) is 1.25. The molecule has 1 aromatic carbocycles. The molecule has 0 radical (unpaired) electrons. The van der Waals surface area contributed by atoms with Crippen molar-refractivity contribution in [2.75, 3.05) is 0 Å². The van der Waals surface area contributed by atoms with E-state index in [9.17, 15) is 9.59 Å². The van der Waals surface area contributed by atoms with Crippen molar-refractivity contribution in [1.82, 2.24) is 9.55 Å². The maximum absolute atomic E-state index is 12.3. The molecule has 1 heterocycles. The van der Waals surface area contributed by atoms with Crippen LogP contribution in [-0.4, -0.2) is 26.7 Å². The Hall–Kier alpha value is -1.99. The van der Waals surface area contributed by atoms with Crippen molar-refractivity contribution in [1.29, 1.82) is 0 Å². The molecule has 0 saturated heterocycles. The van der Waals surface area contributed by atoms with Crippen molar-refractivity contribution in [3.63, 3.8) is 0 Å². The van der Waals surface area contributed by atoms with E-state index in [1.165, 1.54) is 4.57 Å². The van der Waals surface area contributed by atoms with E-state index in [4.69, 9.17) is 23.1 Å². The Morgan fingerprint density at radius 3 is 2.85 bits per heavy atom. The highest BCUT2D eigenvalue weighted by atomic mass is 32.1. The van der Waals surface area contributed by atoms with E-state index in [-0.39, 0.29) is 5.56 Å². The van der Waals surface area contributed by atoms with Gasteiger partial charge in [0, 0.05) is 6.54 Å². The topological polar surface area (TPSA) is 101 Å². The maximum Gasteiger partial charge on any atom is 0.320 e. The summed E-state index contributed by atoms with van der Waals surface area (Å²) in [7, 11) is 0. The van der Waals surface area contributed by atoms with Crippen LogP contribution in [0.4, 0.5) is 0 Å². The Bertz CT molecular complexity index is 750. The number of carbonyl (C=O) groups is 1. The smallest absolute Gasteiger partial charge is 0.320 e. The molecule has 0 aliphatic carbocycles. The lowest BCUT2D eigenvalue weighted by molar-refractivity contribution is -0.138. The van der Waals surface area contributed by atoms with Gasteiger partial charge in [-0.1, -0.05) is 12.1 Å². The molecule has 7 heteroatoms. The molecule has 0 fully saturated rings. The number of H-pyrrole nitrogens is 1. The van der Waals surface area contributed by atoms with Crippen molar-refractivity contribution in [3.8, 4) is 0 Å². The van der Waals surface area contributed by atoms with Crippen molar-refractivity contribution >= 4 is 29.1 Å². The molecule has 2 rings (SSSR count). The van der Waals surface area contributed by atoms with E-state index in [1.807, 2.05) is 6.07 Å². The molecule has 0 aliphatic heterocycles. The van der Waals surface area contributed by atoms with Crippen LogP contribution < -0.4 is 11.3 Å². The van der Waals surface area contributed by atoms with Crippen molar-refractivity contribution < 1.29 is 9.90 Å². The van der Waals surface area contributed by atoms with Crippen LogP contribution in [0.15, 0.2) is 29.1 Å². The number of aromatic nitrogens is 2. The second-order valence-electron chi connectivity index (χ2n) is 4.52. The third kappa shape index (κ3) is 2.94. The fourth-order valence-electron chi connectivity index (χ4n) is 1.99. The van der Waals surface area contributed by atoms with E-state index in [2.05, 4.69) is 4.98 Å². The molecule has 20 heavy (non-hydrogen) atoms. The summed E-state index contributed by atoms with van der Waals surface area (Å²) in [6, 6.07) is 6.21. The standard InChI is InChI=1S/C13H15N3O3S/c14-9(12(18)19)5-3-7-16-11(17)8-4-1-2-6-10(8)15-13(16)20/h1-2,4,6,9H,3,5,7,14H2,(H,15,20)(H,18,19)/t9-/m0/s1. The SMILES string of the molecule is N[C@@H](CCCn1c(=S)[nH]c2ccccc2c1=O)C(=O)O. The lowest BCUT2D eigenvalue weighted by Gasteiger charge is -2.09. The number of nitrogens with zero attached hydrogens (tertiary/aromatic N) is 1. The molecule has 1 atom stereocenters. The predicted molar refractivity (Wildman–Crippen MR) is 78.2 cm³/mol. The summed E-state index contributed by atoms with van der Waals surface area (Å²) in [6.45, 7) is 0.347. The highest BCUT2D eigenvalue weighted by Crippen LogP contribution is 2.07. The van der Waals surface area contributed by atoms with E-state index in [0.29, 0.717) is 35.1 Å². The average Bonchev–Trinajstić information content (AvgIpc) is 2.42. The molecule has 106 valence electrons. The number of rotatable bonds is 5. The summed E-state index contributed by atoms with van der Waals surface area (Å²) in [5.41, 5.74) is 5.95. The van der Waals surface area contributed by atoms with Crippen LogP contribution in [0, 0.1) is 4.77 Å². The highest BCUT2D eigenvalue weighted by molar-refractivity contribution is 7.71. The third-order valence-corrected chi connectivity index (χ3v) is 3.43. The molecule has 4 N–H and O–H groups in total. The zero-order valence-corrected chi connectivity index (χ0v) is 11.5. The summed E-state index contributed by atoms with van der Waals surface area (Å²) < 4.78 is 1.77. The van der Waals surface area contributed by atoms with Gasteiger partial charge in [-0.25, -0.2) is 0 Å². The maximum atomic E-state index is 12.3.